The lowest BCUT2D eigenvalue weighted by Gasteiger charge is -2.29. The quantitative estimate of drug-likeness (QED) is 0.788. The van der Waals surface area contributed by atoms with Gasteiger partial charge in [-0.25, -0.2) is 0 Å². The van der Waals surface area contributed by atoms with Crippen molar-refractivity contribution in [2.45, 2.75) is 72.0 Å². The molecule has 18 heavy (non-hydrogen) atoms. The third-order valence-corrected chi connectivity index (χ3v) is 4.94. The number of nitrogens with zero attached hydrogens (tertiary/aromatic N) is 1. The lowest BCUT2D eigenvalue weighted by molar-refractivity contribution is -0.131. The molecule has 2 unspecified atom stereocenters. The first-order valence-electron chi connectivity index (χ1n) is 7.56. The van der Waals surface area contributed by atoms with Crippen LogP contribution in [0.3, 0.4) is 0 Å². The van der Waals surface area contributed by atoms with Gasteiger partial charge in [0.2, 0.25) is 5.91 Å². The van der Waals surface area contributed by atoms with Gasteiger partial charge >= 0.3 is 0 Å². The van der Waals surface area contributed by atoms with Gasteiger partial charge in [0, 0.05) is 6.54 Å². The van der Waals surface area contributed by atoms with E-state index in [0.29, 0.717) is 17.2 Å². The van der Waals surface area contributed by atoms with E-state index in [0.717, 1.165) is 25.8 Å². The van der Waals surface area contributed by atoms with Crippen LogP contribution >= 0.6 is 0 Å². The second kappa shape index (κ2) is 5.20. The Morgan fingerprint density at radius 3 is 2.61 bits per heavy atom. The Hall–Kier alpha value is -0.570. The third kappa shape index (κ3) is 2.56. The van der Waals surface area contributed by atoms with E-state index in [9.17, 15) is 4.79 Å². The molecule has 0 aromatic rings. The van der Waals surface area contributed by atoms with Crippen molar-refractivity contribution in [2.75, 3.05) is 6.54 Å². The number of nitrogens with one attached hydrogen (secondary N) is 1. The van der Waals surface area contributed by atoms with E-state index >= 15 is 0 Å². The smallest absolute Gasteiger partial charge is 0.241 e. The van der Waals surface area contributed by atoms with Gasteiger partial charge in [0.05, 0.1) is 12.2 Å². The molecule has 0 aromatic carbocycles. The molecule has 0 spiro atoms. The maximum Gasteiger partial charge on any atom is 0.241 e. The van der Waals surface area contributed by atoms with Gasteiger partial charge in [-0.3, -0.25) is 10.1 Å². The van der Waals surface area contributed by atoms with Gasteiger partial charge in [-0.05, 0) is 37.5 Å². The molecule has 2 fully saturated rings. The Balaban J connectivity index is 1.95. The van der Waals surface area contributed by atoms with Crippen LogP contribution in [-0.4, -0.2) is 29.6 Å². The Morgan fingerprint density at radius 1 is 1.44 bits per heavy atom. The highest BCUT2D eigenvalue weighted by Crippen LogP contribution is 2.52. The molecule has 1 N–H and O–H groups in total. The predicted molar refractivity (Wildman–Crippen MR) is 74.1 cm³/mol. The molecule has 3 nitrogen and oxygen atoms in total. The van der Waals surface area contributed by atoms with E-state index < -0.39 is 0 Å². The van der Waals surface area contributed by atoms with Crippen molar-refractivity contribution in [1.29, 1.82) is 0 Å². The number of rotatable bonds is 6. The zero-order valence-corrected chi connectivity index (χ0v) is 12.3. The largest absolute Gasteiger partial charge is 0.326 e. The van der Waals surface area contributed by atoms with Crippen LogP contribution in [0.25, 0.3) is 0 Å². The minimum atomic E-state index is 0.0721. The molecule has 1 amide bonds. The summed E-state index contributed by atoms with van der Waals surface area (Å²) < 4.78 is 0. The average Bonchev–Trinajstić information content (AvgIpc) is 3.06. The molecule has 0 bridgehead atoms. The summed E-state index contributed by atoms with van der Waals surface area (Å²) >= 11 is 0. The molecule has 2 aliphatic rings. The monoisotopic (exact) mass is 252 g/mol. The van der Waals surface area contributed by atoms with Crippen molar-refractivity contribution in [1.82, 2.24) is 10.2 Å². The van der Waals surface area contributed by atoms with E-state index in [2.05, 4.69) is 37.9 Å². The molecular weight excluding hydrogens is 224 g/mol. The average molecular weight is 252 g/mol. The van der Waals surface area contributed by atoms with Crippen LogP contribution < -0.4 is 5.32 Å². The summed E-state index contributed by atoms with van der Waals surface area (Å²) in [6, 6.07) is 0.0721. The molecule has 1 aliphatic heterocycles. The summed E-state index contributed by atoms with van der Waals surface area (Å²) in [5.41, 5.74) is 0.422. The molecule has 2 rings (SSSR count). The van der Waals surface area contributed by atoms with Crippen LogP contribution in [0.5, 0.6) is 0 Å². The van der Waals surface area contributed by atoms with Gasteiger partial charge < -0.3 is 4.90 Å². The third-order valence-electron chi connectivity index (χ3n) is 4.94. The number of amides is 1. The molecule has 2 atom stereocenters. The second-order valence-electron chi connectivity index (χ2n) is 6.52. The molecule has 1 aliphatic carbocycles. The molecule has 104 valence electrons. The molecule has 0 aromatic heterocycles. The van der Waals surface area contributed by atoms with Crippen LogP contribution in [-0.2, 0) is 4.79 Å². The van der Waals surface area contributed by atoms with E-state index in [1.807, 2.05) is 0 Å². The van der Waals surface area contributed by atoms with E-state index in [1.54, 1.807) is 0 Å². The topological polar surface area (TPSA) is 32.3 Å². The first-order valence-corrected chi connectivity index (χ1v) is 7.56. The SMILES string of the molecule is CCCCC1NC(C)N(CC2(C(C)C)CC2)C1=O. The first kappa shape index (κ1) is 13.9. The molecule has 1 heterocycles. The Kier molecular flexibility index (Phi) is 4.00. The van der Waals surface area contributed by atoms with Crippen molar-refractivity contribution in [3.05, 3.63) is 0 Å². The highest BCUT2D eigenvalue weighted by Gasteiger charge is 2.49. The van der Waals surface area contributed by atoms with Crippen molar-refractivity contribution in [2.24, 2.45) is 11.3 Å². The van der Waals surface area contributed by atoms with Gasteiger partial charge in [-0.15, -0.1) is 0 Å². The van der Waals surface area contributed by atoms with Crippen LogP contribution in [0.4, 0.5) is 0 Å². The molecule has 1 saturated carbocycles. The summed E-state index contributed by atoms with van der Waals surface area (Å²) in [4.78, 5) is 14.5. The number of hydrogen-bond donors (Lipinski definition) is 1. The minimum Gasteiger partial charge on any atom is -0.326 e. The normalized spacial score (nSPS) is 30.3. The first-order chi connectivity index (χ1) is 8.50. The number of carbonyl (C=O) groups excluding carboxylic acids is 1. The maximum absolute atomic E-state index is 12.4. The Bertz CT molecular complexity index is 310. The molecular formula is C15H28N2O. The summed E-state index contributed by atoms with van der Waals surface area (Å²) in [5.74, 6) is 1.02. The van der Waals surface area contributed by atoms with Gasteiger partial charge in [-0.1, -0.05) is 33.6 Å². The van der Waals surface area contributed by atoms with Crippen molar-refractivity contribution >= 4 is 5.91 Å². The summed E-state index contributed by atoms with van der Waals surface area (Å²) in [6.07, 6.45) is 6.09. The Labute approximate surface area is 111 Å². The maximum atomic E-state index is 12.4. The number of carbonyl (C=O) groups is 1. The zero-order chi connectivity index (χ0) is 13.3. The molecule has 0 radical (unpaired) electrons. The van der Waals surface area contributed by atoms with E-state index in [-0.39, 0.29) is 12.2 Å². The summed E-state index contributed by atoms with van der Waals surface area (Å²) in [7, 11) is 0. The fourth-order valence-electron chi connectivity index (χ4n) is 3.09. The summed E-state index contributed by atoms with van der Waals surface area (Å²) in [5, 5.41) is 3.45. The highest BCUT2D eigenvalue weighted by molar-refractivity contribution is 5.84. The molecule has 3 heteroatoms. The fourth-order valence-corrected chi connectivity index (χ4v) is 3.09. The van der Waals surface area contributed by atoms with Crippen LogP contribution in [0.2, 0.25) is 0 Å². The predicted octanol–water partition coefficient (Wildman–Crippen LogP) is 2.76. The standard InChI is InChI=1S/C15H28N2O/c1-5-6-7-13-14(18)17(12(4)16-13)10-15(8-9-15)11(2)3/h11-13,16H,5-10H2,1-4H3. The van der Waals surface area contributed by atoms with E-state index in [4.69, 9.17) is 0 Å². The van der Waals surface area contributed by atoms with Crippen LogP contribution in [0, 0.1) is 11.3 Å². The lowest BCUT2D eigenvalue weighted by atomic mass is 9.91. The highest BCUT2D eigenvalue weighted by atomic mass is 16.2. The van der Waals surface area contributed by atoms with Gasteiger partial charge in [0.15, 0.2) is 0 Å². The van der Waals surface area contributed by atoms with Crippen molar-refractivity contribution in [3.8, 4) is 0 Å². The zero-order valence-electron chi connectivity index (χ0n) is 12.3. The van der Waals surface area contributed by atoms with Crippen molar-refractivity contribution in [3.63, 3.8) is 0 Å². The molecule has 1 saturated heterocycles. The van der Waals surface area contributed by atoms with Crippen LogP contribution in [0.15, 0.2) is 0 Å². The number of unbranched alkanes of at least 4 members (excludes halogenated alkanes) is 1. The fraction of sp³-hybridized carbons (Fsp3) is 0.933. The Morgan fingerprint density at radius 2 is 2.11 bits per heavy atom. The minimum absolute atomic E-state index is 0.0721. The van der Waals surface area contributed by atoms with Gasteiger partial charge in [0.25, 0.3) is 0 Å². The van der Waals surface area contributed by atoms with Crippen LogP contribution in [0.1, 0.15) is 59.8 Å². The summed E-state index contributed by atoms with van der Waals surface area (Å²) in [6.45, 7) is 9.85. The lowest BCUT2D eigenvalue weighted by Crippen LogP contribution is -2.40. The van der Waals surface area contributed by atoms with Gasteiger partial charge in [0.1, 0.15) is 0 Å². The number of hydrogen-bond acceptors (Lipinski definition) is 2. The van der Waals surface area contributed by atoms with Crippen molar-refractivity contribution < 1.29 is 4.79 Å². The second-order valence-corrected chi connectivity index (χ2v) is 6.52. The van der Waals surface area contributed by atoms with Gasteiger partial charge in [-0.2, -0.15) is 0 Å². The van der Waals surface area contributed by atoms with E-state index in [1.165, 1.54) is 12.8 Å².